The topological polar surface area (TPSA) is 88.2 Å². The predicted octanol–water partition coefficient (Wildman–Crippen LogP) is 6.44. The highest BCUT2D eigenvalue weighted by molar-refractivity contribution is 7.90. The lowest BCUT2D eigenvalue weighted by atomic mass is 9.85. The van der Waals surface area contributed by atoms with Gasteiger partial charge in [-0.2, -0.15) is 13.2 Å². The van der Waals surface area contributed by atoms with Crippen LogP contribution in [0.3, 0.4) is 0 Å². The number of nitrogens with zero attached hydrogens (tertiary/aromatic N) is 2. The first-order valence-electron chi connectivity index (χ1n) is 12.3. The molecule has 11 heteroatoms. The lowest BCUT2D eigenvalue weighted by Gasteiger charge is -2.34. The van der Waals surface area contributed by atoms with Gasteiger partial charge in [-0.3, -0.25) is 0 Å². The lowest BCUT2D eigenvalue weighted by molar-refractivity contribution is -0.215. The summed E-state index contributed by atoms with van der Waals surface area (Å²) in [5.74, 6) is 0.370. The van der Waals surface area contributed by atoms with Crippen molar-refractivity contribution in [2.24, 2.45) is 11.1 Å². The summed E-state index contributed by atoms with van der Waals surface area (Å²) in [5, 5.41) is 0. The van der Waals surface area contributed by atoms with Crippen LogP contribution in [-0.2, 0) is 22.8 Å². The summed E-state index contributed by atoms with van der Waals surface area (Å²) in [7, 11) is -1.33. The largest absolute Gasteiger partial charge is 0.598 e. The van der Waals surface area contributed by atoms with E-state index in [1.54, 1.807) is 25.3 Å². The molecule has 0 aliphatic heterocycles. The standard InChI is InChI=1S/C25H43F3N4O2SSi/c1-17(29)18-10-11-19-21(14-18)32(16-34-12-13-36(7,8)9)22(30-19)20(31-35(33)23(2,3)4)15-24(5,6)25(26,27)28/h10-11,14,17,20,31H,12-13,15-16,29H2,1-9H3/t17-,20-,35?/m1/s1. The number of hydrogen-bond acceptors (Lipinski definition) is 5. The monoisotopic (exact) mass is 548 g/mol. The van der Waals surface area contributed by atoms with Crippen LogP contribution in [0, 0.1) is 5.41 Å². The molecule has 0 bridgehead atoms. The van der Waals surface area contributed by atoms with Crippen LogP contribution in [0.5, 0.6) is 0 Å². The van der Waals surface area contributed by atoms with Crippen molar-refractivity contribution in [2.75, 3.05) is 6.61 Å². The molecule has 0 amide bonds. The molecule has 0 aliphatic carbocycles. The number of nitrogens with two attached hydrogens (primary N) is 1. The number of rotatable bonds is 11. The van der Waals surface area contributed by atoms with Crippen molar-refractivity contribution in [3.05, 3.63) is 29.6 Å². The Balaban J connectivity index is 2.60. The van der Waals surface area contributed by atoms with Gasteiger partial charge in [0.1, 0.15) is 23.3 Å². The number of imidazole rings is 1. The second kappa shape index (κ2) is 11.3. The van der Waals surface area contributed by atoms with Crippen molar-refractivity contribution in [2.45, 2.75) is 103 Å². The summed E-state index contributed by atoms with van der Waals surface area (Å²) in [4.78, 5) is 4.73. The zero-order valence-corrected chi connectivity index (χ0v) is 24.9. The summed E-state index contributed by atoms with van der Waals surface area (Å²) in [5.41, 5.74) is 6.30. The average molecular weight is 549 g/mol. The summed E-state index contributed by atoms with van der Waals surface area (Å²) in [6.45, 7) is 17.0. The van der Waals surface area contributed by atoms with Crippen LogP contribution in [0.1, 0.15) is 71.4 Å². The van der Waals surface area contributed by atoms with Gasteiger partial charge in [0.25, 0.3) is 0 Å². The molecule has 0 fully saturated rings. The van der Waals surface area contributed by atoms with E-state index < -0.39 is 41.8 Å². The van der Waals surface area contributed by atoms with Crippen LogP contribution in [0.15, 0.2) is 18.2 Å². The number of nitrogens with one attached hydrogen (secondary N) is 1. The van der Waals surface area contributed by atoms with Crippen LogP contribution >= 0.6 is 0 Å². The van der Waals surface area contributed by atoms with E-state index in [9.17, 15) is 17.7 Å². The molecule has 0 saturated carbocycles. The molecule has 3 N–H and O–H groups in total. The fraction of sp³-hybridized carbons (Fsp3) is 0.720. The molecule has 6 nitrogen and oxygen atoms in total. The molecular formula is C25H43F3N4O2SSi. The van der Waals surface area contributed by atoms with Gasteiger partial charge in [-0.05, 0) is 57.9 Å². The van der Waals surface area contributed by atoms with Crippen LogP contribution in [0.25, 0.3) is 11.0 Å². The number of fused-ring (bicyclic) bond motifs is 1. The number of ether oxygens (including phenoxy) is 1. The molecule has 2 rings (SSSR count). The van der Waals surface area contributed by atoms with Crippen molar-refractivity contribution < 1.29 is 22.5 Å². The normalized spacial score (nSPS) is 16.4. The van der Waals surface area contributed by atoms with Gasteiger partial charge in [0.05, 0.1) is 16.4 Å². The Morgan fingerprint density at radius 1 is 1.17 bits per heavy atom. The molecule has 206 valence electrons. The maximum atomic E-state index is 13.9. The third-order valence-corrected chi connectivity index (χ3v) is 9.46. The molecule has 1 aromatic heterocycles. The average Bonchev–Trinajstić information content (AvgIpc) is 3.05. The van der Waals surface area contributed by atoms with Gasteiger partial charge in [0.15, 0.2) is 0 Å². The first-order valence-corrected chi connectivity index (χ1v) is 17.2. The maximum Gasteiger partial charge on any atom is 0.394 e. The first-order chi connectivity index (χ1) is 16.2. The van der Waals surface area contributed by atoms with Gasteiger partial charge in [-0.25, -0.2) is 4.98 Å². The lowest BCUT2D eigenvalue weighted by Crippen LogP contribution is -2.45. The molecule has 36 heavy (non-hydrogen) atoms. The molecule has 2 aromatic rings. The summed E-state index contributed by atoms with van der Waals surface area (Å²) >= 11 is -1.62. The van der Waals surface area contributed by atoms with Gasteiger partial charge < -0.3 is 19.6 Å². The second-order valence-electron chi connectivity index (χ2n) is 12.4. The van der Waals surface area contributed by atoms with E-state index in [0.29, 0.717) is 17.9 Å². The van der Waals surface area contributed by atoms with E-state index in [0.717, 1.165) is 31.0 Å². The number of halogens is 3. The van der Waals surface area contributed by atoms with Crippen LogP contribution in [0.4, 0.5) is 13.2 Å². The quantitative estimate of drug-likeness (QED) is 0.192. The van der Waals surface area contributed by atoms with Gasteiger partial charge >= 0.3 is 6.18 Å². The Labute approximate surface area is 217 Å². The van der Waals surface area contributed by atoms with E-state index in [1.807, 2.05) is 25.1 Å². The third-order valence-electron chi connectivity index (χ3n) is 6.14. The van der Waals surface area contributed by atoms with E-state index >= 15 is 0 Å². The SMILES string of the molecule is C[C@@H](N)c1ccc2nc([C@@H](CC(C)(C)C(F)(F)F)N[S+]([O-])C(C)(C)C)n(COCC[Si](C)(C)C)c2c1. The smallest absolute Gasteiger partial charge is 0.394 e. The minimum absolute atomic E-state index is 0.130. The Morgan fingerprint density at radius 2 is 1.78 bits per heavy atom. The molecular weight excluding hydrogens is 505 g/mol. The number of aromatic nitrogens is 2. The highest BCUT2D eigenvalue weighted by atomic mass is 32.2. The van der Waals surface area contributed by atoms with Crippen LogP contribution < -0.4 is 10.5 Å². The summed E-state index contributed by atoms with van der Waals surface area (Å²) in [6, 6.07) is 5.41. The van der Waals surface area contributed by atoms with Gasteiger partial charge in [0, 0.05) is 32.1 Å². The zero-order valence-electron chi connectivity index (χ0n) is 23.0. The Bertz CT molecular complexity index is 1010. The fourth-order valence-electron chi connectivity index (χ4n) is 3.50. The zero-order chi connectivity index (χ0) is 27.7. The molecule has 3 atom stereocenters. The highest BCUT2D eigenvalue weighted by Crippen LogP contribution is 2.44. The number of benzene rings is 1. The highest BCUT2D eigenvalue weighted by Gasteiger charge is 2.50. The van der Waals surface area contributed by atoms with Crippen molar-refractivity contribution in [3.8, 4) is 0 Å². The second-order valence-corrected chi connectivity index (χ2v) is 20.0. The maximum absolute atomic E-state index is 13.9. The van der Waals surface area contributed by atoms with Crippen molar-refractivity contribution in [1.82, 2.24) is 14.3 Å². The van der Waals surface area contributed by atoms with Crippen molar-refractivity contribution in [3.63, 3.8) is 0 Å². The Morgan fingerprint density at radius 3 is 2.28 bits per heavy atom. The molecule has 0 aliphatic rings. The summed E-state index contributed by atoms with van der Waals surface area (Å²) < 4.78 is 65.0. The van der Waals surface area contributed by atoms with Gasteiger partial charge in [-0.1, -0.05) is 39.6 Å². The van der Waals surface area contributed by atoms with E-state index in [1.165, 1.54) is 0 Å². The molecule has 0 radical (unpaired) electrons. The molecule has 1 aromatic carbocycles. The molecule has 0 saturated heterocycles. The van der Waals surface area contributed by atoms with E-state index in [2.05, 4.69) is 24.4 Å². The van der Waals surface area contributed by atoms with Crippen LogP contribution in [-0.4, -0.2) is 39.7 Å². The van der Waals surface area contributed by atoms with Gasteiger partial charge in [-0.15, -0.1) is 4.72 Å². The van der Waals surface area contributed by atoms with Crippen molar-refractivity contribution >= 4 is 30.5 Å². The minimum Gasteiger partial charge on any atom is -0.598 e. The van der Waals surface area contributed by atoms with Crippen molar-refractivity contribution in [1.29, 1.82) is 0 Å². The number of alkyl halides is 3. The van der Waals surface area contributed by atoms with Gasteiger partial charge in [0.2, 0.25) is 0 Å². The predicted molar refractivity (Wildman–Crippen MR) is 145 cm³/mol. The Kier molecular flexibility index (Phi) is 9.79. The van der Waals surface area contributed by atoms with E-state index in [-0.39, 0.29) is 19.2 Å². The van der Waals surface area contributed by atoms with E-state index in [4.69, 9.17) is 15.5 Å². The summed E-state index contributed by atoms with van der Waals surface area (Å²) in [6.07, 6.45) is -4.78. The third kappa shape index (κ3) is 8.19. The van der Waals surface area contributed by atoms with Crippen LogP contribution in [0.2, 0.25) is 25.7 Å². The molecule has 1 heterocycles. The fourth-order valence-corrected chi connectivity index (χ4v) is 5.05. The number of hydrogen-bond donors (Lipinski definition) is 2. The first kappa shape index (κ1) is 31.1. The minimum atomic E-state index is -4.44. The molecule has 0 spiro atoms. The Hall–Kier alpha value is -1.11. The molecule has 1 unspecified atom stereocenters.